The highest BCUT2D eigenvalue weighted by molar-refractivity contribution is 5.96. The lowest BCUT2D eigenvalue weighted by Gasteiger charge is -2.24. The number of likely N-dealkylation sites (N-methyl/N-ethyl adjacent to an activating group) is 1. The number of hydrogen-bond donors (Lipinski definition) is 0. The van der Waals surface area contributed by atoms with Crippen molar-refractivity contribution in [3.63, 3.8) is 0 Å². The maximum Gasteiger partial charge on any atom is 0.257 e. The second-order valence-electron chi connectivity index (χ2n) is 6.64. The molecule has 7 heteroatoms. The number of rotatable bonds is 5. The summed E-state index contributed by atoms with van der Waals surface area (Å²) >= 11 is 0. The number of carbonyl (C=O) groups excluding carboxylic acids is 1. The van der Waals surface area contributed by atoms with E-state index in [0.29, 0.717) is 12.6 Å². The minimum atomic E-state index is 0.0987. The fourth-order valence-electron chi connectivity index (χ4n) is 3.52. The Hall–Kier alpha value is -2.28. The van der Waals surface area contributed by atoms with Crippen LogP contribution in [0.3, 0.4) is 0 Å². The van der Waals surface area contributed by atoms with E-state index in [1.807, 2.05) is 36.4 Å². The van der Waals surface area contributed by atoms with Gasteiger partial charge in [0.05, 0.1) is 17.8 Å². The quantitative estimate of drug-likeness (QED) is 0.827. The zero-order valence-corrected chi connectivity index (χ0v) is 15.4. The Morgan fingerprint density at radius 1 is 1.32 bits per heavy atom. The van der Waals surface area contributed by atoms with Gasteiger partial charge in [-0.1, -0.05) is 0 Å². The molecule has 1 unspecified atom stereocenters. The normalized spacial score (nSPS) is 17.5. The fourth-order valence-corrected chi connectivity index (χ4v) is 3.52. The highest BCUT2D eigenvalue weighted by Gasteiger charge is 2.32. The SMILES string of the molecule is CCn1nc(C)c(C(=O)N2CCC(N(C)Cc3ncccn3)C2)c1C. The predicted molar refractivity (Wildman–Crippen MR) is 95.2 cm³/mol. The Labute approximate surface area is 148 Å². The first-order valence-corrected chi connectivity index (χ1v) is 8.80. The Morgan fingerprint density at radius 3 is 2.68 bits per heavy atom. The molecule has 1 fully saturated rings. The molecule has 0 N–H and O–H groups in total. The van der Waals surface area contributed by atoms with Gasteiger partial charge in [-0.3, -0.25) is 14.4 Å². The number of hydrogen-bond acceptors (Lipinski definition) is 5. The van der Waals surface area contributed by atoms with E-state index in [2.05, 4.69) is 27.0 Å². The maximum absolute atomic E-state index is 13.0. The summed E-state index contributed by atoms with van der Waals surface area (Å²) < 4.78 is 1.90. The largest absolute Gasteiger partial charge is 0.337 e. The molecule has 0 spiro atoms. The highest BCUT2D eigenvalue weighted by Crippen LogP contribution is 2.21. The van der Waals surface area contributed by atoms with Crippen molar-refractivity contribution in [1.29, 1.82) is 0 Å². The second kappa shape index (κ2) is 7.31. The Bertz CT molecular complexity index is 742. The van der Waals surface area contributed by atoms with Gasteiger partial charge in [-0.2, -0.15) is 5.10 Å². The molecule has 7 nitrogen and oxygen atoms in total. The number of aromatic nitrogens is 4. The summed E-state index contributed by atoms with van der Waals surface area (Å²) in [5, 5.41) is 4.47. The van der Waals surface area contributed by atoms with Crippen LogP contribution in [0.4, 0.5) is 0 Å². The van der Waals surface area contributed by atoms with Gasteiger partial charge in [0.2, 0.25) is 0 Å². The Balaban J connectivity index is 1.66. The summed E-state index contributed by atoms with van der Waals surface area (Å²) in [6.45, 7) is 8.92. The summed E-state index contributed by atoms with van der Waals surface area (Å²) in [6.07, 6.45) is 4.49. The van der Waals surface area contributed by atoms with Crippen molar-refractivity contribution < 1.29 is 4.79 Å². The number of aryl methyl sites for hydroxylation is 2. The summed E-state index contributed by atoms with van der Waals surface area (Å²) in [5.41, 5.74) is 2.54. The number of carbonyl (C=O) groups is 1. The van der Waals surface area contributed by atoms with E-state index in [1.54, 1.807) is 12.4 Å². The van der Waals surface area contributed by atoms with Gasteiger partial charge < -0.3 is 4.90 Å². The van der Waals surface area contributed by atoms with Crippen LogP contribution in [0.1, 0.15) is 40.9 Å². The van der Waals surface area contributed by atoms with Gasteiger partial charge in [0.15, 0.2) is 0 Å². The molecule has 1 atom stereocenters. The lowest BCUT2D eigenvalue weighted by atomic mass is 10.1. The van der Waals surface area contributed by atoms with Crippen LogP contribution in [0.25, 0.3) is 0 Å². The van der Waals surface area contributed by atoms with E-state index in [1.165, 1.54) is 0 Å². The molecule has 0 saturated carbocycles. The Kier molecular flexibility index (Phi) is 5.13. The topological polar surface area (TPSA) is 67.2 Å². The molecular formula is C18H26N6O. The van der Waals surface area contributed by atoms with Crippen molar-refractivity contribution in [1.82, 2.24) is 29.5 Å². The smallest absolute Gasteiger partial charge is 0.257 e. The summed E-state index contributed by atoms with van der Waals surface area (Å²) in [6, 6.07) is 2.15. The molecule has 0 radical (unpaired) electrons. The van der Waals surface area contributed by atoms with Crippen LogP contribution in [0.2, 0.25) is 0 Å². The van der Waals surface area contributed by atoms with Gasteiger partial charge in [0.1, 0.15) is 5.82 Å². The van der Waals surface area contributed by atoms with Gasteiger partial charge in [0, 0.05) is 43.8 Å². The zero-order chi connectivity index (χ0) is 18.0. The van der Waals surface area contributed by atoms with E-state index >= 15 is 0 Å². The van der Waals surface area contributed by atoms with E-state index < -0.39 is 0 Å². The molecule has 134 valence electrons. The molecule has 2 aromatic rings. The van der Waals surface area contributed by atoms with E-state index in [9.17, 15) is 4.79 Å². The van der Waals surface area contributed by atoms with Gasteiger partial charge in [-0.15, -0.1) is 0 Å². The molecular weight excluding hydrogens is 316 g/mol. The molecule has 1 aliphatic rings. The number of nitrogens with zero attached hydrogens (tertiary/aromatic N) is 6. The van der Waals surface area contributed by atoms with Crippen molar-refractivity contribution >= 4 is 5.91 Å². The minimum absolute atomic E-state index is 0.0987. The lowest BCUT2D eigenvalue weighted by Crippen LogP contribution is -2.36. The van der Waals surface area contributed by atoms with Crippen LogP contribution < -0.4 is 0 Å². The molecule has 0 bridgehead atoms. The third-order valence-corrected chi connectivity index (χ3v) is 4.98. The van der Waals surface area contributed by atoms with Crippen LogP contribution in [0.15, 0.2) is 18.5 Å². The van der Waals surface area contributed by atoms with Crippen molar-refractivity contribution in [2.24, 2.45) is 0 Å². The van der Waals surface area contributed by atoms with E-state index in [-0.39, 0.29) is 5.91 Å². The van der Waals surface area contributed by atoms with Gasteiger partial charge >= 0.3 is 0 Å². The first-order chi connectivity index (χ1) is 12.0. The molecule has 0 aliphatic carbocycles. The van der Waals surface area contributed by atoms with E-state index in [4.69, 9.17) is 0 Å². The monoisotopic (exact) mass is 342 g/mol. The van der Waals surface area contributed by atoms with Gasteiger partial charge in [0.25, 0.3) is 5.91 Å². The van der Waals surface area contributed by atoms with Crippen molar-refractivity contribution in [2.75, 3.05) is 20.1 Å². The highest BCUT2D eigenvalue weighted by atomic mass is 16.2. The average molecular weight is 342 g/mol. The van der Waals surface area contributed by atoms with Crippen molar-refractivity contribution in [3.8, 4) is 0 Å². The zero-order valence-electron chi connectivity index (χ0n) is 15.4. The van der Waals surface area contributed by atoms with Crippen LogP contribution in [-0.4, -0.2) is 61.6 Å². The summed E-state index contributed by atoms with van der Waals surface area (Å²) in [4.78, 5) is 25.7. The molecule has 2 aromatic heterocycles. The predicted octanol–water partition coefficient (Wildman–Crippen LogP) is 1.66. The number of likely N-dealkylation sites (tertiary alicyclic amines) is 1. The van der Waals surface area contributed by atoms with E-state index in [0.717, 1.165) is 48.8 Å². The molecule has 1 aliphatic heterocycles. The second-order valence-corrected chi connectivity index (χ2v) is 6.64. The van der Waals surface area contributed by atoms with Crippen LogP contribution in [-0.2, 0) is 13.1 Å². The third kappa shape index (κ3) is 3.56. The first-order valence-electron chi connectivity index (χ1n) is 8.80. The Morgan fingerprint density at radius 2 is 2.04 bits per heavy atom. The van der Waals surface area contributed by atoms with Crippen LogP contribution >= 0.6 is 0 Å². The summed E-state index contributed by atoms with van der Waals surface area (Å²) in [7, 11) is 2.07. The summed E-state index contributed by atoms with van der Waals surface area (Å²) in [5.74, 6) is 0.909. The van der Waals surface area contributed by atoms with Gasteiger partial charge in [-0.25, -0.2) is 9.97 Å². The molecule has 3 rings (SSSR count). The third-order valence-electron chi connectivity index (χ3n) is 4.98. The fraction of sp³-hybridized carbons (Fsp3) is 0.556. The standard InChI is InChI=1S/C18H26N6O/c1-5-24-14(3)17(13(2)21-24)18(25)23-10-7-15(11-23)22(4)12-16-19-8-6-9-20-16/h6,8-9,15H,5,7,10-12H2,1-4H3. The maximum atomic E-state index is 13.0. The van der Waals surface area contributed by atoms with Gasteiger partial charge in [-0.05, 0) is 40.3 Å². The lowest BCUT2D eigenvalue weighted by molar-refractivity contribution is 0.0777. The first kappa shape index (κ1) is 17.5. The number of amides is 1. The average Bonchev–Trinajstić information content (AvgIpc) is 3.20. The molecule has 3 heterocycles. The van der Waals surface area contributed by atoms with Crippen LogP contribution in [0, 0.1) is 13.8 Å². The molecule has 0 aromatic carbocycles. The molecule has 1 amide bonds. The van der Waals surface area contributed by atoms with Crippen LogP contribution in [0.5, 0.6) is 0 Å². The molecule has 25 heavy (non-hydrogen) atoms. The van der Waals surface area contributed by atoms with Crippen molar-refractivity contribution in [2.45, 2.75) is 46.3 Å². The van der Waals surface area contributed by atoms with Crippen molar-refractivity contribution in [3.05, 3.63) is 41.2 Å². The molecule has 1 saturated heterocycles. The minimum Gasteiger partial charge on any atom is -0.337 e.